The molecule has 0 amide bonds. The van der Waals surface area contributed by atoms with Crippen molar-refractivity contribution in [1.29, 1.82) is 0 Å². The Bertz CT molecular complexity index is 252. The number of nitrogens with one attached hydrogen (secondary N) is 1. The van der Waals surface area contributed by atoms with Crippen LogP contribution in [0.4, 0.5) is 0 Å². The van der Waals surface area contributed by atoms with Crippen molar-refractivity contribution in [3.63, 3.8) is 0 Å². The number of rotatable bonds is 9. The molecule has 0 aromatic carbocycles. The number of likely N-dealkylation sites (N-methyl/N-ethyl adjacent to an activating group) is 1. The van der Waals surface area contributed by atoms with Crippen LogP contribution in [0.3, 0.4) is 0 Å². The number of hydrogen-bond donors (Lipinski definition) is 2. The van der Waals surface area contributed by atoms with Crippen molar-refractivity contribution in [3.8, 4) is 0 Å². The lowest BCUT2D eigenvalue weighted by Crippen LogP contribution is -2.40. The fraction of sp³-hybridized carbons (Fsp3) is 0.929. The third kappa shape index (κ3) is 7.38. The van der Waals surface area contributed by atoms with Crippen molar-refractivity contribution in [1.82, 2.24) is 10.2 Å². The predicted octanol–water partition coefficient (Wildman–Crippen LogP) is 1.19. The second kappa shape index (κ2) is 10.0. The van der Waals surface area contributed by atoms with E-state index in [4.69, 9.17) is 10.5 Å². The summed E-state index contributed by atoms with van der Waals surface area (Å²) in [7, 11) is 2.20. The van der Waals surface area contributed by atoms with Gasteiger partial charge in [0.2, 0.25) is 0 Å². The van der Waals surface area contributed by atoms with Gasteiger partial charge in [0.1, 0.15) is 0 Å². The Labute approximate surface area is 117 Å². The van der Waals surface area contributed by atoms with Crippen LogP contribution < -0.4 is 11.1 Å². The van der Waals surface area contributed by atoms with Crippen LogP contribution in [0, 0.1) is 0 Å². The van der Waals surface area contributed by atoms with Crippen molar-refractivity contribution in [3.05, 3.63) is 0 Å². The van der Waals surface area contributed by atoms with Crippen molar-refractivity contribution in [2.45, 2.75) is 45.1 Å². The molecule has 112 valence electrons. The van der Waals surface area contributed by atoms with Crippen LogP contribution in [0.25, 0.3) is 0 Å². The third-order valence-electron chi connectivity index (χ3n) is 3.65. The highest BCUT2D eigenvalue weighted by Gasteiger charge is 2.18. The summed E-state index contributed by atoms with van der Waals surface area (Å²) in [6, 6.07) is 0.770. The van der Waals surface area contributed by atoms with Gasteiger partial charge < -0.3 is 20.7 Å². The Balaban J connectivity index is 2.02. The Morgan fingerprint density at radius 2 is 2.16 bits per heavy atom. The predicted molar refractivity (Wildman–Crippen MR) is 80.5 cm³/mol. The van der Waals surface area contributed by atoms with Crippen LogP contribution in [0.15, 0.2) is 4.99 Å². The maximum atomic E-state index is 5.81. The van der Waals surface area contributed by atoms with E-state index in [0.29, 0.717) is 5.96 Å². The molecule has 0 atom stereocenters. The van der Waals surface area contributed by atoms with E-state index in [0.717, 1.165) is 45.3 Å². The van der Waals surface area contributed by atoms with E-state index in [9.17, 15) is 0 Å². The molecule has 5 nitrogen and oxygen atoms in total. The van der Waals surface area contributed by atoms with Gasteiger partial charge in [0, 0.05) is 38.9 Å². The van der Waals surface area contributed by atoms with Crippen LogP contribution in [0.5, 0.6) is 0 Å². The SMILES string of the molecule is CCOCCCN=C(N)NCCN(C)C1CCCC1. The van der Waals surface area contributed by atoms with Gasteiger partial charge in [0.25, 0.3) is 0 Å². The quantitative estimate of drug-likeness (QED) is 0.375. The van der Waals surface area contributed by atoms with Gasteiger partial charge in [0.05, 0.1) is 0 Å². The summed E-state index contributed by atoms with van der Waals surface area (Å²) in [5, 5.41) is 3.17. The van der Waals surface area contributed by atoms with Gasteiger partial charge in [0.15, 0.2) is 5.96 Å². The molecule has 1 aliphatic carbocycles. The first-order valence-electron chi connectivity index (χ1n) is 7.55. The van der Waals surface area contributed by atoms with Crippen LogP contribution in [-0.4, -0.2) is 56.8 Å². The Hall–Kier alpha value is -0.810. The summed E-state index contributed by atoms with van der Waals surface area (Å²) in [5.41, 5.74) is 5.81. The first-order chi connectivity index (χ1) is 9.24. The Morgan fingerprint density at radius 3 is 2.84 bits per heavy atom. The maximum Gasteiger partial charge on any atom is 0.188 e. The van der Waals surface area contributed by atoms with Gasteiger partial charge >= 0.3 is 0 Å². The van der Waals surface area contributed by atoms with E-state index in [2.05, 4.69) is 22.3 Å². The number of nitrogens with zero attached hydrogens (tertiary/aromatic N) is 2. The molecular weight excluding hydrogens is 240 g/mol. The number of nitrogens with two attached hydrogens (primary N) is 1. The highest BCUT2D eigenvalue weighted by Crippen LogP contribution is 2.21. The molecule has 1 saturated carbocycles. The molecule has 0 aliphatic heterocycles. The molecule has 0 bridgehead atoms. The largest absolute Gasteiger partial charge is 0.382 e. The minimum absolute atomic E-state index is 0.552. The molecule has 0 aromatic heterocycles. The number of guanidine groups is 1. The first kappa shape index (κ1) is 16.2. The van der Waals surface area contributed by atoms with E-state index in [1.54, 1.807) is 0 Å². The van der Waals surface area contributed by atoms with E-state index < -0.39 is 0 Å². The van der Waals surface area contributed by atoms with Crippen molar-refractivity contribution in [2.24, 2.45) is 10.7 Å². The third-order valence-corrected chi connectivity index (χ3v) is 3.65. The zero-order chi connectivity index (χ0) is 13.9. The molecule has 1 rings (SSSR count). The summed E-state index contributed by atoms with van der Waals surface area (Å²) in [5.74, 6) is 0.552. The van der Waals surface area contributed by atoms with E-state index in [1.807, 2.05) is 6.92 Å². The monoisotopic (exact) mass is 270 g/mol. The molecule has 1 aliphatic rings. The lowest BCUT2D eigenvalue weighted by Gasteiger charge is -2.23. The van der Waals surface area contributed by atoms with Crippen LogP contribution >= 0.6 is 0 Å². The van der Waals surface area contributed by atoms with Gasteiger partial charge in [-0.25, -0.2) is 0 Å². The highest BCUT2D eigenvalue weighted by atomic mass is 16.5. The van der Waals surface area contributed by atoms with Gasteiger partial charge in [-0.2, -0.15) is 0 Å². The van der Waals surface area contributed by atoms with E-state index in [1.165, 1.54) is 25.7 Å². The van der Waals surface area contributed by atoms with Gasteiger partial charge in [-0.3, -0.25) is 4.99 Å². The van der Waals surface area contributed by atoms with E-state index in [-0.39, 0.29) is 0 Å². The normalized spacial score (nSPS) is 17.3. The van der Waals surface area contributed by atoms with Gasteiger partial charge in [-0.1, -0.05) is 12.8 Å². The summed E-state index contributed by atoms with van der Waals surface area (Å²) in [6.07, 6.45) is 6.38. The molecule has 0 unspecified atom stereocenters. The van der Waals surface area contributed by atoms with Crippen molar-refractivity contribution >= 4 is 5.96 Å². The fourth-order valence-electron chi connectivity index (χ4n) is 2.45. The van der Waals surface area contributed by atoms with Crippen molar-refractivity contribution < 1.29 is 4.74 Å². The van der Waals surface area contributed by atoms with Crippen LogP contribution in [-0.2, 0) is 4.74 Å². The molecular formula is C14H30N4O. The molecule has 5 heteroatoms. The summed E-state index contributed by atoms with van der Waals surface area (Å²) < 4.78 is 5.25. The summed E-state index contributed by atoms with van der Waals surface area (Å²) in [4.78, 5) is 6.71. The van der Waals surface area contributed by atoms with Crippen LogP contribution in [0.1, 0.15) is 39.0 Å². The number of hydrogen-bond acceptors (Lipinski definition) is 3. The van der Waals surface area contributed by atoms with E-state index >= 15 is 0 Å². The molecule has 0 saturated heterocycles. The topological polar surface area (TPSA) is 62.9 Å². The molecule has 19 heavy (non-hydrogen) atoms. The summed E-state index contributed by atoms with van der Waals surface area (Å²) in [6.45, 7) is 6.16. The maximum absolute atomic E-state index is 5.81. The lowest BCUT2D eigenvalue weighted by atomic mass is 10.2. The average Bonchev–Trinajstić information content (AvgIpc) is 2.92. The number of ether oxygens (including phenoxy) is 1. The molecule has 0 aromatic rings. The zero-order valence-electron chi connectivity index (χ0n) is 12.5. The highest BCUT2D eigenvalue weighted by molar-refractivity contribution is 5.77. The molecule has 3 N–H and O–H groups in total. The second-order valence-electron chi connectivity index (χ2n) is 5.16. The second-order valence-corrected chi connectivity index (χ2v) is 5.16. The number of aliphatic imine (C=N–C) groups is 1. The molecule has 1 fully saturated rings. The standard InChI is InChI=1S/C14H30N4O/c1-3-19-12-6-9-16-14(15)17-10-11-18(2)13-7-4-5-8-13/h13H,3-12H2,1-2H3,(H3,15,16,17). The van der Waals surface area contributed by atoms with Gasteiger partial charge in [-0.05, 0) is 33.2 Å². The minimum atomic E-state index is 0.552. The van der Waals surface area contributed by atoms with Gasteiger partial charge in [-0.15, -0.1) is 0 Å². The fourth-order valence-corrected chi connectivity index (χ4v) is 2.45. The summed E-state index contributed by atoms with van der Waals surface area (Å²) >= 11 is 0. The molecule has 0 spiro atoms. The zero-order valence-corrected chi connectivity index (χ0v) is 12.5. The smallest absolute Gasteiger partial charge is 0.188 e. The molecule has 0 heterocycles. The van der Waals surface area contributed by atoms with Crippen LogP contribution in [0.2, 0.25) is 0 Å². The average molecular weight is 270 g/mol. The minimum Gasteiger partial charge on any atom is -0.382 e. The Morgan fingerprint density at radius 1 is 1.42 bits per heavy atom. The lowest BCUT2D eigenvalue weighted by molar-refractivity contribution is 0.146. The van der Waals surface area contributed by atoms with Crippen molar-refractivity contribution in [2.75, 3.05) is 39.9 Å². The molecule has 0 radical (unpaired) electrons. The Kier molecular flexibility index (Phi) is 8.58. The first-order valence-corrected chi connectivity index (χ1v) is 7.55.